The molecule has 4 aromatic rings. The summed E-state index contributed by atoms with van der Waals surface area (Å²) >= 11 is 0. The van der Waals surface area contributed by atoms with Gasteiger partial charge in [-0.1, -0.05) is 36.4 Å². The van der Waals surface area contributed by atoms with Crippen molar-refractivity contribution in [2.45, 2.75) is 38.6 Å². The first kappa shape index (κ1) is 22.8. The Morgan fingerprint density at radius 2 is 1.74 bits per heavy atom. The Balaban J connectivity index is 1.13. The first-order valence-corrected chi connectivity index (χ1v) is 12.2. The predicted octanol–water partition coefficient (Wildman–Crippen LogP) is 6.13. The molecule has 178 valence electrons. The Kier molecular flexibility index (Phi) is 6.89. The number of nitrogens with zero attached hydrogens (tertiary/aromatic N) is 2. The molecule has 1 amide bonds. The van der Waals surface area contributed by atoms with Crippen LogP contribution >= 0.6 is 0 Å². The summed E-state index contributed by atoms with van der Waals surface area (Å²) in [6.07, 6.45) is 5.87. The van der Waals surface area contributed by atoms with E-state index in [1.165, 1.54) is 10.9 Å². The third-order valence-electron chi connectivity index (χ3n) is 6.65. The van der Waals surface area contributed by atoms with Gasteiger partial charge in [-0.15, -0.1) is 0 Å². The van der Waals surface area contributed by atoms with Crippen molar-refractivity contribution < 1.29 is 9.53 Å². The van der Waals surface area contributed by atoms with E-state index in [4.69, 9.17) is 9.72 Å². The molecule has 2 N–H and O–H groups in total. The zero-order valence-corrected chi connectivity index (χ0v) is 19.9. The number of nitrogens with one attached hydrogen (secondary N) is 2. The van der Waals surface area contributed by atoms with Crippen molar-refractivity contribution in [1.29, 1.82) is 0 Å². The van der Waals surface area contributed by atoms with E-state index in [1.807, 2.05) is 36.4 Å². The van der Waals surface area contributed by atoms with Crippen molar-refractivity contribution in [3.05, 3.63) is 90.1 Å². The highest BCUT2D eigenvalue weighted by atomic mass is 16.5. The fourth-order valence-electron chi connectivity index (χ4n) is 4.72. The average molecular weight is 467 g/mol. The largest absolute Gasteiger partial charge is 0.438 e. The van der Waals surface area contributed by atoms with Crippen molar-refractivity contribution in [2.75, 3.05) is 11.9 Å². The van der Waals surface area contributed by atoms with E-state index in [2.05, 4.69) is 46.8 Å². The van der Waals surface area contributed by atoms with Crippen LogP contribution in [0, 0.1) is 12.8 Å². The van der Waals surface area contributed by atoms with Crippen LogP contribution in [0.2, 0.25) is 0 Å². The number of ether oxygens (including phenoxy) is 1. The number of anilines is 1. The molecule has 2 aromatic carbocycles. The molecule has 1 aliphatic carbocycles. The molecule has 0 unspecified atom stereocenters. The molecule has 6 heteroatoms. The lowest BCUT2D eigenvalue weighted by Crippen LogP contribution is -2.34. The second-order valence-electron chi connectivity index (χ2n) is 9.18. The Labute approximate surface area is 205 Å². The third-order valence-corrected chi connectivity index (χ3v) is 6.65. The molecular weight excluding hydrogens is 436 g/mol. The van der Waals surface area contributed by atoms with E-state index in [1.54, 1.807) is 18.3 Å². The molecule has 5 rings (SSSR count). The quantitative estimate of drug-likeness (QED) is 0.343. The molecule has 0 bridgehead atoms. The van der Waals surface area contributed by atoms with E-state index >= 15 is 0 Å². The van der Waals surface area contributed by atoms with Crippen molar-refractivity contribution in [3.8, 4) is 11.6 Å². The number of carbonyl (C=O) groups is 1. The lowest BCUT2D eigenvalue weighted by molar-refractivity contribution is 0.0940. The maximum absolute atomic E-state index is 12.9. The third kappa shape index (κ3) is 5.60. The molecule has 6 nitrogen and oxygen atoms in total. The lowest BCUT2D eigenvalue weighted by atomic mass is 9.86. The zero-order valence-electron chi connectivity index (χ0n) is 19.9. The van der Waals surface area contributed by atoms with Crippen LogP contribution in [-0.2, 0) is 0 Å². The van der Waals surface area contributed by atoms with Crippen LogP contribution in [-0.4, -0.2) is 28.5 Å². The van der Waals surface area contributed by atoms with Gasteiger partial charge in [0, 0.05) is 24.2 Å². The van der Waals surface area contributed by atoms with Gasteiger partial charge in [-0.25, -0.2) is 9.97 Å². The van der Waals surface area contributed by atoms with Crippen molar-refractivity contribution in [1.82, 2.24) is 15.3 Å². The highest BCUT2D eigenvalue weighted by Crippen LogP contribution is 2.28. The van der Waals surface area contributed by atoms with Crippen LogP contribution in [0.3, 0.4) is 0 Å². The molecule has 0 radical (unpaired) electrons. The monoisotopic (exact) mass is 466 g/mol. The van der Waals surface area contributed by atoms with Gasteiger partial charge < -0.3 is 15.4 Å². The summed E-state index contributed by atoms with van der Waals surface area (Å²) in [5.74, 6) is 2.23. The van der Waals surface area contributed by atoms with Crippen molar-refractivity contribution in [2.24, 2.45) is 5.92 Å². The van der Waals surface area contributed by atoms with E-state index in [-0.39, 0.29) is 5.91 Å². The van der Waals surface area contributed by atoms with E-state index in [9.17, 15) is 4.79 Å². The standard InChI is InChI=1S/C29H30N4O2/c1-20-18-27(33-26-12-6-5-10-24(20)26)32-22-15-13-21(14-16-22)19-31-28(34)25-11-7-17-30-29(25)35-23-8-3-2-4-9-23/h2-12,17-18,21-22H,13-16,19H2,1H3,(H,31,34)(H,32,33)/t21-,22+. The Morgan fingerprint density at radius 1 is 0.971 bits per heavy atom. The van der Waals surface area contributed by atoms with Gasteiger partial charge >= 0.3 is 0 Å². The fraction of sp³-hybridized carbons (Fsp3) is 0.276. The smallest absolute Gasteiger partial charge is 0.256 e. The van der Waals surface area contributed by atoms with Crippen LogP contribution in [0.15, 0.2) is 79.0 Å². The number of pyridine rings is 2. The second-order valence-corrected chi connectivity index (χ2v) is 9.18. The van der Waals surface area contributed by atoms with E-state index in [0.717, 1.165) is 37.0 Å². The van der Waals surface area contributed by atoms with Crippen LogP contribution in [0.4, 0.5) is 5.82 Å². The van der Waals surface area contributed by atoms with Gasteiger partial charge in [0.15, 0.2) is 0 Å². The molecular formula is C29H30N4O2. The van der Waals surface area contributed by atoms with Gasteiger partial charge in [-0.2, -0.15) is 0 Å². The summed E-state index contributed by atoms with van der Waals surface area (Å²) in [4.78, 5) is 22.0. The predicted molar refractivity (Wildman–Crippen MR) is 139 cm³/mol. The average Bonchev–Trinajstić information content (AvgIpc) is 2.89. The lowest BCUT2D eigenvalue weighted by Gasteiger charge is -2.29. The minimum absolute atomic E-state index is 0.153. The minimum Gasteiger partial charge on any atom is -0.438 e. The first-order chi connectivity index (χ1) is 17.2. The van der Waals surface area contributed by atoms with Gasteiger partial charge in [0.2, 0.25) is 5.88 Å². The molecule has 2 aromatic heterocycles. The van der Waals surface area contributed by atoms with Gasteiger partial charge in [0.05, 0.1) is 5.52 Å². The Hall–Kier alpha value is -3.93. The minimum atomic E-state index is -0.153. The van der Waals surface area contributed by atoms with Crippen LogP contribution in [0.25, 0.3) is 10.9 Å². The highest BCUT2D eigenvalue weighted by Gasteiger charge is 2.23. The maximum atomic E-state index is 12.9. The van der Waals surface area contributed by atoms with Gasteiger partial charge in [-0.3, -0.25) is 4.79 Å². The fourth-order valence-corrected chi connectivity index (χ4v) is 4.72. The summed E-state index contributed by atoms with van der Waals surface area (Å²) in [5, 5.41) is 7.93. The van der Waals surface area contributed by atoms with E-state index < -0.39 is 0 Å². The highest BCUT2D eigenvalue weighted by molar-refractivity contribution is 5.96. The summed E-state index contributed by atoms with van der Waals surface area (Å²) in [6, 6.07) is 23.7. The SMILES string of the molecule is Cc1cc(N[C@H]2CC[C@@H](CNC(=O)c3cccnc3Oc3ccccc3)CC2)nc2ccccc12. The number of hydrogen-bond acceptors (Lipinski definition) is 5. The van der Waals surface area contributed by atoms with Gasteiger partial charge in [-0.05, 0) is 80.5 Å². The molecule has 0 spiro atoms. The number of aryl methyl sites for hydroxylation is 1. The molecule has 1 aliphatic rings. The van der Waals surface area contributed by atoms with Gasteiger partial charge in [0.25, 0.3) is 5.91 Å². The van der Waals surface area contributed by atoms with Crippen molar-refractivity contribution in [3.63, 3.8) is 0 Å². The topological polar surface area (TPSA) is 76.1 Å². The van der Waals surface area contributed by atoms with Crippen molar-refractivity contribution >= 4 is 22.6 Å². The number of fused-ring (bicyclic) bond motifs is 1. The van der Waals surface area contributed by atoms with Crippen LogP contribution in [0.5, 0.6) is 11.6 Å². The summed E-state index contributed by atoms with van der Waals surface area (Å²) in [5.41, 5.74) is 2.71. The van der Waals surface area contributed by atoms with Crippen LogP contribution < -0.4 is 15.4 Å². The molecule has 35 heavy (non-hydrogen) atoms. The van der Waals surface area contributed by atoms with E-state index in [0.29, 0.717) is 35.7 Å². The molecule has 2 heterocycles. The zero-order chi connectivity index (χ0) is 24.0. The first-order valence-electron chi connectivity index (χ1n) is 12.2. The summed E-state index contributed by atoms with van der Waals surface area (Å²) in [6.45, 7) is 2.78. The number of hydrogen-bond donors (Lipinski definition) is 2. The number of para-hydroxylation sites is 2. The summed E-state index contributed by atoms with van der Waals surface area (Å²) < 4.78 is 5.84. The second kappa shape index (κ2) is 10.6. The Morgan fingerprint density at radius 3 is 2.57 bits per heavy atom. The molecule has 1 saturated carbocycles. The summed E-state index contributed by atoms with van der Waals surface area (Å²) in [7, 11) is 0. The Bertz CT molecular complexity index is 1300. The maximum Gasteiger partial charge on any atom is 0.256 e. The molecule has 0 atom stereocenters. The normalized spacial score (nSPS) is 17.6. The number of rotatable bonds is 7. The number of amides is 1. The van der Waals surface area contributed by atoms with Gasteiger partial charge in [0.1, 0.15) is 17.1 Å². The number of aromatic nitrogens is 2. The molecule has 1 fully saturated rings. The number of benzene rings is 2. The number of carbonyl (C=O) groups excluding carboxylic acids is 1. The van der Waals surface area contributed by atoms with Crippen LogP contribution in [0.1, 0.15) is 41.6 Å². The molecule has 0 aliphatic heterocycles. The molecule has 0 saturated heterocycles.